The molecule has 2 aromatic carbocycles. The van der Waals surface area contributed by atoms with E-state index in [-0.39, 0.29) is 18.6 Å². The van der Waals surface area contributed by atoms with Gasteiger partial charge in [0, 0.05) is 12.8 Å². The maximum Gasteiger partial charge on any atom is 0.143 e. The van der Waals surface area contributed by atoms with Crippen molar-refractivity contribution < 1.29 is 4.79 Å². The number of carbonyl (C=O) groups excluding carboxylic acids is 1. The summed E-state index contributed by atoms with van der Waals surface area (Å²) in [6.45, 7) is 0. The molecule has 0 unspecified atom stereocenters. The standard InChI is InChI=1S/C19H18Cl4O/c20-18(21,15-7-3-1-4-8-15)13-11-17(24)12-14-19(22,23)16-9-5-2-6-10-16/h1-10H,11-14H2. The average molecular weight is 404 g/mol. The highest BCUT2D eigenvalue weighted by Crippen LogP contribution is 2.40. The molecule has 0 amide bonds. The van der Waals surface area contributed by atoms with Crippen LogP contribution in [0.4, 0.5) is 0 Å². The summed E-state index contributed by atoms with van der Waals surface area (Å²) in [4.78, 5) is 12.2. The van der Waals surface area contributed by atoms with Crippen LogP contribution in [0.15, 0.2) is 60.7 Å². The summed E-state index contributed by atoms with van der Waals surface area (Å²) in [6.07, 6.45) is 1.25. The number of hydrogen-bond donors (Lipinski definition) is 0. The Morgan fingerprint density at radius 2 is 1.00 bits per heavy atom. The lowest BCUT2D eigenvalue weighted by atomic mass is 10.0. The molecule has 2 rings (SSSR count). The summed E-state index contributed by atoms with van der Waals surface area (Å²) in [5.74, 6) is 0.0400. The lowest BCUT2D eigenvalue weighted by Crippen LogP contribution is -2.15. The molecule has 128 valence electrons. The van der Waals surface area contributed by atoms with Crippen LogP contribution in [-0.4, -0.2) is 5.78 Å². The van der Waals surface area contributed by atoms with Crippen molar-refractivity contribution >= 4 is 52.2 Å². The number of Topliss-reactive ketones (excluding diaryl/α,β-unsaturated/α-hetero) is 1. The largest absolute Gasteiger partial charge is 0.300 e. The molecule has 0 saturated heterocycles. The third-order valence-corrected chi connectivity index (χ3v) is 5.46. The van der Waals surface area contributed by atoms with E-state index in [2.05, 4.69) is 0 Å². The first-order valence-electron chi connectivity index (χ1n) is 7.70. The highest BCUT2D eigenvalue weighted by atomic mass is 35.5. The van der Waals surface area contributed by atoms with Gasteiger partial charge in [0.05, 0.1) is 0 Å². The van der Waals surface area contributed by atoms with Crippen molar-refractivity contribution in [1.82, 2.24) is 0 Å². The van der Waals surface area contributed by atoms with E-state index in [0.717, 1.165) is 11.1 Å². The Morgan fingerprint density at radius 1 is 0.667 bits per heavy atom. The Kier molecular flexibility index (Phi) is 7.00. The molecule has 2 aromatic rings. The Bertz CT molecular complexity index is 596. The van der Waals surface area contributed by atoms with Crippen LogP contribution < -0.4 is 0 Å². The number of ketones is 1. The fourth-order valence-corrected chi connectivity index (χ4v) is 3.25. The smallest absolute Gasteiger partial charge is 0.143 e. The van der Waals surface area contributed by atoms with E-state index in [1.807, 2.05) is 60.7 Å². The minimum Gasteiger partial charge on any atom is -0.300 e. The Hall–Kier alpha value is -0.730. The SMILES string of the molecule is O=C(CCC(Cl)(Cl)c1ccccc1)CCC(Cl)(Cl)c1ccccc1. The van der Waals surface area contributed by atoms with Gasteiger partial charge in [0.15, 0.2) is 0 Å². The molecule has 0 spiro atoms. The third kappa shape index (κ3) is 5.67. The van der Waals surface area contributed by atoms with E-state index in [9.17, 15) is 4.79 Å². The zero-order valence-corrected chi connectivity index (χ0v) is 16.0. The highest BCUT2D eigenvalue weighted by Gasteiger charge is 2.29. The fraction of sp³-hybridized carbons (Fsp3) is 0.316. The zero-order chi connectivity index (χ0) is 17.6. The van der Waals surface area contributed by atoms with Crippen LogP contribution >= 0.6 is 46.4 Å². The van der Waals surface area contributed by atoms with Gasteiger partial charge in [-0.1, -0.05) is 107 Å². The summed E-state index contributed by atoms with van der Waals surface area (Å²) in [6, 6.07) is 18.6. The molecule has 0 atom stereocenters. The molecule has 5 heteroatoms. The monoisotopic (exact) mass is 402 g/mol. The molecule has 0 radical (unpaired) electrons. The van der Waals surface area contributed by atoms with Gasteiger partial charge in [0.1, 0.15) is 14.4 Å². The molecule has 0 aromatic heterocycles. The van der Waals surface area contributed by atoms with Crippen molar-refractivity contribution in [2.45, 2.75) is 34.3 Å². The molecule has 1 nitrogen and oxygen atoms in total. The van der Waals surface area contributed by atoms with Gasteiger partial charge >= 0.3 is 0 Å². The van der Waals surface area contributed by atoms with E-state index in [0.29, 0.717) is 12.8 Å². The van der Waals surface area contributed by atoms with Crippen LogP contribution in [0, 0.1) is 0 Å². The maximum absolute atomic E-state index is 12.2. The highest BCUT2D eigenvalue weighted by molar-refractivity contribution is 6.48. The van der Waals surface area contributed by atoms with Crippen LogP contribution in [-0.2, 0) is 13.5 Å². The van der Waals surface area contributed by atoms with Crippen molar-refractivity contribution in [3.63, 3.8) is 0 Å². The molecule has 0 saturated carbocycles. The molecule has 0 aliphatic rings. The minimum absolute atomic E-state index is 0.0400. The first-order chi connectivity index (χ1) is 11.3. The van der Waals surface area contributed by atoms with Crippen LogP contribution in [0.2, 0.25) is 0 Å². The number of halogens is 4. The number of alkyl halides is 4. The lowest BCUT2D eigenvalue weighted by molar-refractivity contribution is -0.119. The second kappa shape index (κ2) is 8.58. The minimum atomic E-state index is -1.07. The van der Waals surface area contributed by atoms with Crippen molar-refractivity contribution in [2.75, 3.05) is 0 Å². The Morgan fingerprint density at radius 3 is 1.33 bits per heavy atom. The lowest BCUT2D eigenvalue weighted by Gasteiger charge is -2.21. The van der Waals surface area contributed by atoms with Crippen molar-refractivity contribution in [2.24, 2.45) is 0 Å². The number of carbonyl (C=O) groups is 1. The summed E-state index contributed by atoms with van der Waals surface area (Å²) in [5, 5.41) is 0. The maximum atomic E-state index is 12.2. The van der Waals surface area contributed by atoms with Gasteiger partial charge in [-0.15, -0.1) is 0 Å². The molecule has 0 aliphatic heterocycles. The molecule has 0 N–H and O–H groups in total. The van der Waals surface area contributed by atoms with E-state index < -0.39 is 8.67 Å². The second-order valence-corrected chi connectivity index (χ2v) is 8.65. The van der Waals surface area contributed by atoms with Gasteiger partial charge in [-0.05, 0) is 24.0 Å². The third-order valence-electron chi connectivity index (χ3n) is 3.83. The molecule has 24 heavy (non-hydrogen) atoms. The summed E-state index contributed by atoms with van der Waals surface area (Å²) in [7, 11) is 0. The van der Waals surface area contributed by atoms with Crippen LogP contribution in [0.1, 0.15) is 36.8 Å². The van der Waals surface area contributed by atoms with E-state index in [1.54, 1.807) is 0 Å². The fourth-order valence-electron chi connectivity index (χ4n) is 2.37. The molecule has 0 heterocycles. The average Bonchev–Trinajstić information content (AvgIpc) is 2.60. The number of hydrogen-bond acceptors (Lipinski definition) is 1. The molecule has 0 bridgehead atoms. The van der Waals surface area contributed by atoms with Crippen molar-refractivity contribution in [3.8, 4) is 0 Å². The number of benzene rings is 2. The zero-order valence-electron chi connectivity index (χ0n) is 13.0. The molecule has 0 fully saturated rings. The van der Waals surface area contributed by atoms with Gasteiger partial charge in [0.2, 0.25) is 0 Å². The van der Waals surface area contributed by atoms with E-state index >= 15 is 0 Å². The predicted molar refractivity (Wildman–Crippen MR) is 103 cm³/mol. The van der Waals surface area contributed by atoms with Gasteiger partial charge in [-0.2, -0.15) is 0 Å². The Balaban J connectivity index is 1.85. The molecular formula is C19H18Cl4O. The van der Waals surface area contributed by atoms with Crippen LogP contribution in [0.25, 0.3) is 0 Å². The number of rotatable bonds is 8. The van der Waals surface area contributed by atoms with Crippen molar-refractivity contribution in [1.29, 1.82) is 0 Å². The van der Waals surface area contributed by atoms with E-state index in [4.69, 9.17) is 46.4 Å². The van der Waals surface area contributed by atoms with Gasteiger partial charge in [-0.3, -0.25) is 4.79 Å². The normalized spacial score (nSPS) is 12.2. The topological polar surface area (TPSA) is 17.1 Å². The Labute approximate surface area is 162 Å². The van der Waals surface area contributed by atoms with Crippen LogP contribution in [0.5, 0.6) is 0 Å². The quantitative estimate of drug-likeness (QED) is 0.444. The van der Waals surface area contributed by atoms with Crippen LogP contribution in [0.3, 0.4) is 0 Å². The second-order valence-electron chi connectivity index (χ2n) is 5.68. The summed E-state index contributed by atoms with van der Waals surface area (Å²) in [5.41, 5.74) is 1.57. The summed E-state index contributed by atoms with van der Waals surface area (Å²) < 4.78 is -2.15. The van der Waals surface area contributed by atoms with Gasteiger partial charge in [-0.25, -0.2) is 0 Å². The molecular weight excluding hydrogens is 386 g/mol. The molecule has 0 aliphatic carbocycles. The van der Waals surface area contributed by atoms with Crippen molar-refractivity contribution in [3.05, 3.63) is 71.8 Å². The summed E-state index contributed by atoms with van der Waals surface area (Å²) >= 11 is 25.4. The van der Waals surface area contributed by atoms with E-state index in [1.165, 1.54) is 0 Å². The first kappa shape index (κ1) is 19.6. The first-order valence-corrected chi connectivity index (χ1v) is 9.21. The van der Waals surface area contributed by atoms with Gasteiger partial charge in [0.25, 0.3) is 0 Å². The predicted octanol–water partition coefficient (Wildman–Crippen LogP) is 6.78. The van der Waals surface area contributed by atoms with Gasteiger partial charge < -0.3 is 0 Å².